The summed E-state index contributed by atoms with van der Waals surface area (Å²) in [7, 11) is 0. The van der Waals surface area contributed by atoms with E-state index in [4.69, 9.17) is 10.00 Å². The Morgan fingerprint density at radius 3 is 2.89 bits per heavy atom. The van der Waals surface area contributed by atoms with Crippen LogP contribution in [0.3, 0.4) is 0 Å². The molecule has 1 aromatic carbocycles. The lowest BCUT2D eigenvalue weighted by Gasteiger charge is -2.08. The van der Waals surface area contributed by atoms with Crippen molar-refractivity contribution in [3.63, 3.8) is 0 Å². The topological polar surface area (TPSA) is 78.8 Å². The van der Waals surface area contributed by atoms with E-state index < -0.39 is 5.56 Å². The molecule has 0 spiro atoms. The van der Waals surface area contributed by atoms with Gasteiger partial charge < -0.3 is 9.72 Å². The van der Waals surface area contributed by atoms with Gasteiger partial charge in [-0.05, 0) is 19.1 Å². The van der Waals surface area contributed by atoms with Crippen molar-refractivity contribution in [3.8, 4) is 23.2 Å². The van der Waals surface area contributed by atoms with E-state index in [1.165, 1.54) is 6.20 Å². The zero-order valence-electron chi connectivity index (χ0n) is 9.80. The summed E-state index contributed by atoms with van der Waals surface area (Å²) in [6.45, 7) is 2.41. The molecule has 0 unspecified atom stereocenters. The number of aromatic nitrogens is 2. The van der Waals surface area contributed by atoms with E-state index in [9.17, 15) is 4.79 Å². The average molecular weight is 241 g/mol. The van der Waals surface area contributed by atoms with Crippen LogP contribution >= 0.6 is 0 Å². The highest BCUT2D eigenvalue weighted by molar-refractivity contribution is 5.63. The summed E-state index contributed by atoms with van der Waals surface area (Å²) in [4.78, 5) is 18.2. The molecule has 90 valence electrons. The quantitative estimate of drug-likeness (QED) is 0.887. The Bertz CT molecular complexity index is 656. The number of benzene rings is 1. The molecule has 5 nitrogen and oxygen atoms in total. The first kappa shape index (κ1) is 11.9. The smallest absolute Gasteiger partial charge is 0.269 e. The van der Waals surface area contributed by atoms with E-state index in [0.717, 1.165) is 0 Å². The minimum atomic E-state index is -0.450. The summed E-state index contributed by atoms with van der Waals surface area (Å²) in [5, 5.41) is 8.68. The Kier molecular flexibility index (Phi) is 3.39. The van der Waals surface area contributed by atoms with Gasteiger partial charge in [-0.15, -0.1) is 0 Å². The van der Waals surface area contributed by atoms with Crippen LogP contribution in [0.1, 0.15) is 12.5 Å². The fourth-order valence-corrected chi connectivity index (χ4v) is 1.56. The number of para-hydroxylation sites is 1. The molecule has 0 aliphatic rings. The van der Waals surface area contributed by atoms with Crippen LogP contribution in [0.15, 0.2) is 35.3 Å². The minimum Gasteiger partial charge on any atom is -0.493 e. The van der Waals surface area contributed by atoms with Crippen LogP contribution in [0, 0.1) is 11.3 Å². The first-order valence-corrected chi connectivity index (χ1v) is 5.48. The van der Waals surface area contributed by atoms with Crippen molar-refractivity contribution in [3.05, 3.63) is 46.4 Å². The number of nitrogens with one attached hydrogen (secondary N) is 1. The third-order valence-corrected chi connectivity index (χ3v) is 2.36. The van der Waals surface area contributed by atoms with E-state index in [1.54, 1.807) is 18.2 Å². The number of rotatable bonds is 3. The van der Waals surface area contributed by atoms with Gasteiger partial charge in [0.15, 0.2) is 0 Å². The van der Waals surface area contributed by atoms with E-state index in [0.29, 0.717) is 23.7 Å². The maximum absolute atomic E-state index is 11.6. The lowest BCUT2D eigenvalue weighted by molar-refractivity contribution is 0.341. The lowest BCUT2D eigenvalue weighted by Crippen LogP contribution is -2.12. The van der Waals surface area contributed by atoms with Crippen molar-refractivity contribution in [1.29, 1.82) is 5.26 Å². The minimum absolute atomic E-state index is 0.00681. The van der Waals surface area contributed by atoms with Gasteiger partial charge in [0.05, 0.1) is 18.4 Å². The highest BCUT2D eigenvalue weighted by Crippen LogP contribution is 2.26. The van der Waals surface area contributed by atoms with Crippen LogP contribution in [0.25, 0.3) is 11.4 Å². The van der Waals surface area contributed by atoms with E-state index >= 15 is 0 Å². The van der Waals surface area contributed by atoms with Gasteiger partial charge in [-0.25, -0.2) is 4.98 Å². The number of ether oxygens (including phenoxy) is 1. The fourth-order valence-electron chi connectivity index (χ4n) is 1.56. The average Bonchev–Trinajstić information content (AvgIpc) is 2.40. The van der Waals surface area contributed by atoms with Gasteiger partial charge in [-0.1, -0.05) is 12.1 Å². The van der Waals surface area contributed by atoms with Gasteiger partial charge in [0.1, 0.15) is 23.2 Å². The summed E-state index contributed by atoms with van der Waals surface area (Å²) in [6, 6.07) is 9.05. The number of hydrogen-bond acceptors (Lipinski definition) is 4. The molecule has 0 radical (unpaired) electrons. The molecule has 1 aromatic heterocycles. The Morgan fingerprint density at radius 2 is 2.22 bits per heavy atom. The third-order valence-electron chi connectivity index (χ3n) is 2.36. The Hall–Kier alpha value is -2.61. The predicted octanol–water partition coefficient (Wildman–Crippen LogP) is 1.71. The SMILES string of the molecule is CCOc1ccccc1-c1ncc(C#N)c(=O)[nH]1. The van der Waals surface area contributed by atoms with Crippen LogP contribution in [0.4, 0.5) is 0 Å². The Balaban J connectivity index is 2.53. The van der Waals surface area contributed by atoms with Crippen LogP contribution in [-0.4, -0.2) is 16.6 Å². The van der Waals surface area contributed by atoms with Crippen molar-refractivity contribution < 1.29 is 4.74 Å². The first-order chi connectivity index (χ1) is 8.76. The molecule has 0 aliphatic carbocycles. The zero-order valence-corrected chi connectivity index (χ0v) is 9.80. The molecule has 0 saturated carbocycles. The maximum Gasteiger partial charge on any atom is 0.269 e. The summed E-state index contributed by atoms with van der Waals surface area (Å²) in [5.74, 6) is 1.04. The number of hydrogen-bond donors (Lipinski definition) is 1. The highest BCUT2D eigenvalue weighted by atomic mass is 16.5. The molecule has 1 heterocycles. The van der Waals surface area contributed by atoms with Gasteiger partial charge in [-0.2, -0.15) is 5.26 Å². The molecular weight excluding hydrogens is 230 g/mol. The lowest BCUT2D eigenvalue weighted by atomic mass is 10.2. The fraction of sp³-hybridized carbons (Fsp3) is 0.154. The Morgan fingerprint density at radius 1 is 1.44 bits per heavy atom. The largest absolute Gasteiger partial charge is 0.493 e. The van der Waals surface area contributed by atoms with Gasteiger partial charge in [0.25, 0.3) is 5.56 Å². The van der Waals surface area contributed by atoms with Gasteiger partial charge in [-0.3, -0.25) is 4.79 Å². The van der Waals surface area contributed by atoms with Gasteiger partial charge in [0.2, 0.25) is 0 Å². The molecule has 0 fully saturated rings. The Labute approximate surface area is 104 Å². The molecule has 5 heteroatoms. The molecule has 2 rings (SSSR count). The molecule has 0 aliphatic heterocycles. The highest BCUT2D eigenvalue weighted by Gasteiger charge is 2.09. The summed E-state index contributed by atoms with van der Waals surface area (Å²) < 4.78 is 5.46. The van der Waals surface area contributed by atoms with Crippen molar-refractivity contribution >= 4 is 0 Å². The summed E-state index contributed by atoms with van der Waals surface area (Å²) in [6.07, 6.45) is 1.26. The third kappa shape index (κ3) is 2.23. The summed E-state index contributed by atoms with van der Waals surface area (Å²) >= 11 is 0. The first-order valence-electron chi connectivity index (χ1n) is 5.48. The van der Waals surface area contributed by atoms with Crippen molar-refractivity contribution in [2.24, 2.45) is 0 Å². The van der Waals surface area contributed by atoms with Crippen LogP contribution in [-0.2, 0) is 0 Å². The number of aromatic amines is 1. The van der Waals surface area contributed by atoms with Crippen molar-refractivity contribution in [2.45, 2.75) is 6.92 Å². The molecule has 0 bridgehead atoms. The van der Waals surface area contributed by atoms with E-state index in [-0.39, 0.29) is 5.56 Å². The standard InChI is InChI=1S/C13H11N3O2/c1-2-18-11-6-4-3-5-10(11)12-15-8-9(7-14)13(17)16-12/h3-6,8H,2H2,1H3,(H,15,16,17). The second-order valence-electron chi connectivity index (χ2n) is 3.52. The molecular formula is C13H11N3O2. The number of nitrogens with zero attached hydrogens (tertiary/aromatic N) is 2. The molecule has 0 amide bonds. The number of nitriles is 1. The second-order valence-corrected chi connectivity index (χ2v) is 3.52. The van der Waals surface area contributed by atoms with Crippen LogP contribution in [0.5, 0.6) is 5.75 Å². The molecule has 2 aromatic rings. The monoisotopic (exact) mass is 241 g/mol. The molecule has 1 N–H and O–H groups in total. The molecule has 0 atom stereocenters. The van der Waals surface area contributed by atoms with E-state index in [2.05, 4.69) is 9.97 Å². The van der Waals surface area contributed by atoms with Crippen LogP contribution < -0.4 is 10.3 Å². The molecule has 0 saturated heterocycles. The van der Waals surface area contributed by atoms with Crippen molar-refractivity contribution in [2.75, 3.05) is 6.61 Å². The zero-order chi connectivity index (χ0) is 13.0. The second kappa shape index (κ2) is 5.15. The van der Waals surface area contributed by atoms with Gasteiger partial charge >= 0.3 is 0 Å². The number of H-pyrrole nitrogens is 1. The normalized spacial score (nSPS) is 9.78. The van der Waals surface area contributed by atoms with Gasteiger partial charge in [0, 0.05) is 0 Å². The van der Waals surface area contributed by atoms with E-state index in [1.807, 2.05) is 19.1 Å². The maximum atomic E-state index is 11.6. The summed E-state index contributed by atoms with van der Waals surface area (Å²) in [5.41, 5.74) is 0.238. The van der Waals surface area contributed by atoms with Crippen LogP contribution in [0.2, 0.25) is 0 Å². The predicted molar refractivity (Wildman–Crippen MR) is 66.2 cm³/mol. The molecule has 18 heavy (non-hydrogen) atoms. The van der Waals surface area contributed by atoms with Crippen molar-refractivity contribution in [1.82, 2.24) is 9.97 Å².